The Morgan fingerprint density at radius 2 is 2.04 bits per heavy atom. The van der Waals surface area contributed by atoms with Crippen molar-refractivity contribution in [1.82, 2.24) is 10.2 Å². The van der Waals surface area contributed by atoms with Crippen LogP contribution in [-0.4, -0.2) is 50.3 Å². The Balaban J connectivity index is 1.76. The van der Waals surface area contributed by atoms with Crippen molar-refractivity contribution in [2.45, 2.75) is 26.2 Å². The molecule has 0 radical (unpaired) electrons. The Labute approximate surface area is 143 Å². The average molecular weight is 334 g/mol. The van der Waals surface area contributed by atoms with E-state index in [2.05, 4.69) is 5.32 Å². The normalized spacial score (nSPS) is 17.2. The molecule has 1 atom stereocenters. The summed E-state index contributed by atoms with van der Waals surface area (Å²) < 4.78 is 10.1. The van der Waals surface area contributed by atoms with Gasteiger partial charge in [-0.15, -0.1) is 0 Å². The Hall–Kier alpha value is -2.24. The third-order valence-corrected chi connectivity index (χ3v) is 4.19. The van der Waals surface area contributed by atoms with Gasteiger partial charge in [-0.25, -0.2) is 4.79 Å². The minimum atomic E-state index is -0.326. The van der Waals surface area contributed by atoms with Gasteiger partial charge in [-0.3, -0.25) is 4.79 Å². The Morgan fingerprint density at radius 3 is 2.71 bits per heavy atom. The lowest BCUT2D eigenvalue weighted by Gasteiger charge is -2.31. The van der Waals surface area contributed by atoms with Crippen molar-refractivity contribution >= 4 is 12.0 Å². The fourth-order valence-electron chi connectivity index (χ4n) is 2.84. The van der Waals surface area contributed by atoms with Crippen LogP contribution in [0.5, 0.6) is 5.75 Å². The second-order valence-electron chi connectivity index (χ2n) is 5.87. The number of hydrogen-bond donors (Lipinski definition) is 1. The van der Waals surface area contributed by atoms with Gasteiger partial charge >= 0.3 is 6.09 Å². The maximum atomic E-state index is 12.3. The van der Waals surface area contributed by atoms with Crippen molar-refractivity contribution in [3.05, 3.63) is 29.8 Å². The predicted molar refractivity (Wildman–Crippen MR) is 91.0 cm³/mol. The minimum absolute atomic E-state index is 0.0116. The number of hydrogen-bond acceptors (Lipinski definition) is 4. The van der Waals surface area contributed by atoms with Gasteiger partial charge in [-0.05, 0) is 43.9 Å². The summed E-state index contributed by atoms with van der Waals surface area (Å²) in [6.07, 6.45) is 2.08. The van der Waals surface area contributed by atoms with Crippen LogP contribution in [0.25, 0.3) is 0 Å². The van der Waals surface area contributed by atoms with E-state index in [9.17, 15) is 9.59 Å². The van der Waals surface area contributed by atoms with E-state index in [0.717, 1.165) is 30.6 Å². The lowest BCUT2D eigenvalue weighted by Crippen LogP contribution is -2.45. The zero-order chi connectivity index (χ0) is 17.4. The van der Waals surface area contributed by atoms with Crippen LogP contribution in [0.2, 0.25) is 0 Å². The molecule has 1 aliphatic rings. The third kappa shape index (κ3) is 5.15. The number of piperidine rings is 1. The van der Waals surface area contributed by atoms with Crippen molar-refractivity contribution in [1.29, 1.82) is 0 Å². The predicted octanol–water partition coefficient (Wildman–Crippen LogP) is 2.22. The van der Waals surface area contributed by atoms with Crippen molar-refractivity contribution < 1.29 is 19.1 Å². The minimum Gasteiger partial charge on any atom is -0.497 e. The molecule has 132 valence electrons. The van der Waals surface area contributed by atoms with Crippen LogP contribution in [0.3, 0.4) is 0 Å². The molecule has 1 N–H and O–H groups in total. The van der Waals surface area contributed by atoms with Crippen LogP contribution < -0.4 is 10.1 Å². The average Bonchev–Trinajstić information content (AvgIpc) is 2.62. The molecule has 0 aromatic heterocycles. The standard InChI is InChI=1S/C18H26N2O4/c1-3-24-18(22)20-12-4-5-15(13-20)17(21)19-11-10-14-6-8-16(23-2)9-7-14/h6-9,15H,3-5,10-13H2,1-2H3,(H,19,21). The molecule has 2 rings (SSSR count). The van der Waals surface area contributed by atoms with Crippen LogP contribution in [-0.2, 0) is 16.0 Å². The summed E-state index contributed by atoms with van der Waals surface area (Å²) in [5.74, 6) is 0.681. The van der Waals surface area contributed by atoms with Crippen molar-refractivity contribution in [2.24, 2.45) is 5.92 Å². The fraction of sp³-hybridized carbons (Fsp3) is 0.556. The molecular weight excluding hydrogens is 308 g/mol. The highest BCUT2D eigenvalue weighted by Gasteiger charge is 2.28. The summed E-state index contributed by atoms with van der Waals surface area (Å²) in [6, 6.07) is 7.81. The molecule has 6 heteroatoms. The molecule has 0 bridgehead atoms. The van der Waals surface area contributed by atoms with Crippen LogP contribution in [0, 0.1) is 5.92 Å². The van der Waals surface area contributed by atoms with Crippen molar-refractivity contribution in [3.63, 3.8) is 0 Å². The number of carbonyl (C=O) groups excluding carboxylic acids is 2. The maximum Gasteiger partial charge on any atom is 0.409 e. The van der Waals surface area contributed by atoms with E-state index in [1.807, 2.05) is 24.3 Å². The van der Waals surface area contributed by atoms with Crippen LogP contribution in [0.4, 0.5) is 4.79 Å². The van der Waals surface area contributed by atoms with Gasteiger partial charge in [0.1, 0.15) is 5.75 Å². The van der Waals surface area contributed by atoms with Gasteiger partial charge in [-0.1, -0.05) is 12.1 Å². The summed E-state index contributed by atoms with van der Waals surface area (Å²) in [7, 11) is 1.64. The van der Waals surface area contributed by atoms with E-state index in [4.69, 9.17) is 9.47 Å². The molecule has 0 saturated carbocycles. The molecular formula is C18H26N2O4. The molecule has 24 heavy (non-hydrogen) atoms. The molecule has 1 heterocycles. The van der Waals surface area contributed by atoms with Crippen molar-refractivity contribution in [3.8, 4) is 5.75 Å². The van der Waals surface area contributed by atoms with Crippen molar-refractivity contribution in [2.75, 3.05) is 33.4 Å². The molecule has 0 spiro atoms. The molecule has 1 fully saturated rings. The zero-order valence-electron chi connectivity index (χ0n) is 14.4. The SMILES string of the molecule is CCOC(=O)N1CCCC(C(=O)NCCc2ccc(OC)cc2)C1. The first-order chi connectivity index (χ1) is 11.6. The molecule has 1 aromatic carbocycles. The molecule has 6 nitrogen and oxygen atoms in total. The largest absolute Gasteiger partial charge is 0.497 e. The Morgan fingerprint density at radius 1 is 1.29 bits per heavy atom. The highest BCUT2D eigenvalue weighted by molar-refractivity contribution is 5.80. The number of amides is 2. The van der Waals surface area contributed by atoms with Gasteiger partial charge in [0, 0.05) is 19.6 Å². The van der Waals surface area contributed by atoms with Gasteiger partial charge in [0.05, 0.1) is 19.6 Å². The number of rotatable bonds is 6. The molecule has 1 saturated heterocycles. The van der Waals surface area contributed by atoms with E-state index >= 15 is 0 Å². The van der Waals surface area contributed by atoms with Gasteiger partial charge in [0.25, 0.3) is 0 Å². The molecule has 0 aliphatic carbocycles. The lowest BCUT2D eigenvalue weighted by molar-refractivity contribution is -0.126. The van der Waals surface area contributed by atoms with Crippen LogP contribution in [0.15, 0.2) is 24.3 Å². The summed E-state index contributed by atoms with van der Waals surface area (Å²) in [4.78, 5) is 25.7. The summed E-state index contributed by atoms with van der Waals surface area (Å²) in [5, 5.41) is 2.97. The highest BCUT2D eigenvalue weighted by atomic mass is 16.6. The second-order valence-corrected chi connectivity index (χ2v) is 5.87. The fourth-order valence-corrected chi connectivity index (χ4v) is 2.84. The summed E-state index contributed by atoms with van der Waals surface area (Å²) >= 11 is 0. The number of likely N-dealkylation sites (tertiary alicyclic amines) is 1. The first-order valence-corrected chi connectivity index (χ1v) is 8.46. The van der Waals surface area contributed by atoms with E-state index in [1.165, 1.54) is 0 Å². The molecule has 1 aliphatic heterocycles. The molecule has 2 amide bonds. The number of nitrogens with one attached hydrogen (secondary N) is 1. The number of ether oxygens (including phenoxy) is 2. The van der Waals surface area contributed by atoms with Gasteiger partial charge in [0.2, 0.25) is 5.91 Å². The smallest absolute Gasteiger partial charge is 0.409 e. The first kappa shape index (κ1) is 18.1. The van der Waals surface area contributed by atoms with Crippen LogP contribution in [0.1, 0.15) is 25.3 Å². The summed E-state index contributed by atoms with van der Waals surface area (Å²) in [5.41, 5.74) is 1.15. The quantitative estimate of drug-likeness (QED) is 0.866. The third-order valence-electron chi connectivity index (χ3n) is 4.19. The Bertz CT molecular complexity index is 544. The number of nitrogens with zero attached hydrogens (tertiary/aromatic N) is 1. The number of methoxy groups -OCH3 is 1. The second kappa shape index (κ2) is 9.15. The topological polar surface area (TPSA) is 67.9 Å². The molecule has 1 aromatic rings. The van der Waals surface area contributed by atoms with Crippen LogP contribution >= 0.6 is 0 Å². The number of benzene rings is 1. The van der Waals surface area contributed by atoms with E-state index in [0.29, 0.717) is 26.2 Å². The van der Waals surface area contributed by atoms with E-state index in [1.54, 1.807) is 18.9 Å². The first-order valence-electron chi connectivity index (χ1n) is 8.46. The Kier molecular flexibility index (Phi) is 6.90. The van der Waals surface area contributed by atoms with E-state index < -0.39 is 0 Å². The highest BCUT2D eigenvalue weighted by Crippen LogP contribution is 2.17. The summed E-state index contributed by atoms with van der Waals surface area (Å²) in [6.45, 7) is 3.82. The number of carbonyl (C=O) groups is 2. The monoisotopic (exact) mass is 334 g/mol. The van der Waals surface area contributed by atoms with Gasteiger partial charge in [-0.2, -0.15) is 0 Å². The van der Waals surface area contributed by atoms with Gasteiger partial charge < -0.3 is 19.7 Å². The lowest BCUT2D eigenvalue weighted by atomic mass is 9.97. The zero-order valence-corrected chi connectivity index (χ0v) is 14.4. The van der Waals surface area contributed by atoms with Gasteiger partial charge in [0.15, 0.2) is 0 Å². The van der Waals surface area contributed by atoms with E-state index in [-0.39, 0.29) is 17.9 Å². The maximum absolute atomic E-state index is 12.3. The molecule has 1 unspecified atom stereocenters.